The minimum Gasteiger partial charge on any atom is -0.346 e. The van der Waals surface area contributed by atoms with Crippen molar-refractivity contribution in [3.05, 3.63) is 194 Å². The van der Waals surface area contributed by atoms with Crippen molar-refractivity contribution in [2.45, 2.75) is 6.29 Å². The first-order chi connectivity index (χ1) is 26.8. The molecule has 4 nitrogen and oxygen atoms in total. The van der Waals surface area contributed by atoms with E-state index in [9.17, 15) is 0 Å². The molecule has 0 radical (unpaired) electrons. The molecule has 0 saturated heterocycles. The van der Waals surface area contributed by atoms with Crippen LogP contribution in [0.1, 0.15) is 11.9 Å². The van der Waals surface area contributed by atoms with Gasteiger partial charge in [0.15, 0.2) is 0 Å². The minimum absolute atomic E-state index is 0.346. The van der Waals surface area contributed by atoms with E-state index in [1.165, 1.54) is 71.1 Å². The van der Waals surface area contributed by atoms with Crippen LogP contribution < -0.4 is 5.32 Å². The van der Waals surface area contributed by atoms with Crippen molar-refractivity contribution < 1.29 is 0 Å². The Morgan fingerprint density at radius 1 is 0.407 bits per heavy atom. The lowest BCUT2D eigenvalue weighted by molar-refractivity contribution is 0.511. The Balaban J connectivity index is 1.05. The quantitative estimate of drug-likeness (QED) is 0.192. The molecule has 8 aromatic carbocycles. The summed E-state index contributed by atoms with van der Waals surface area (Å²) in [6, 6.07) is 65.4. The van der Waals surface area contributed by atoms with Crippen LogP contribution in [0, 0.1) is 0 Å². The van der Waals surface area contributed by atoms with Gasteiger partial charge in [-0.05, 0) is 58.2 Å². The number of hydrogen-bond acceptors (Lipinski definition) is 2. The lowest BCUT2D eigenvalue weighted by atomic mass is 9.99. The normalized spacial score (nSPS) is 14.3. The van der Waals surface area contributed by atoms with E-state index in [-0.39, 0.29) is 6.29 Å². The number of para-hydroxylation sites is 3. The molecule has 0 spiro atoms. The van der Waals surface area contributed by atoms with Crippen LogP contribution in [0.25, 0.3) is 88.0 Å². The average Bonchev–Trinajstić information content (AvgIpc) is 3.79. The van der Waals surface area contributed by atoms with E-state index in [4.69, 9.17) is 4.99 Å². The molecule has 1 N–H and O–H groups in total. The van der Waals surface area contributed by atoms with E-state index >= 15 is 0 Å². The summed E-state index contributed by atoms with van der Waals surface area (Å²) in [4.78, 5) is 5.09. The molecule has 1 aliphatic heterocycles. The lowest BCUT2D eigenvalue weighted by Gasteiger charge is -2.25. The summed E-state index contributed by atoms with van der Waals surface area (Å²) in [5, 5.41) is 11.2. The number of allylic oxidation sites excluding steroid dienone is 1. The van der Waals surface area contributed by atoms with Crippen molar-refractivity contribution in [3.63, 3.8) is 0 Å². The van der Waals surface area contributed by atoms with E-state index in [0.29, 0.717) is 0 Å². The van der Waals surface area contributed by atoms with Gasteiger partial charge in [0.05, 0.1) is 22.1 Å². The Bertz CT molecular complexity index is 3090. The second-order valence-electron chi connectivity index (χ2n) is 14.0. The molecule has 54 heavy (non-hydrogen) atoms. The monoisotopic (exact) mass is 690 g/mol. The van der Waals surface area contributed by atoms with Crippen LogP contribution in [0.3, 0.4) is 0 Å². The highest BCUT2D eigenvalue weighted by Crippen LogP contribution is 2.47. The summed E-state index contributed by atoms with van der Waals surface area (Å²) >= 11 is 0. The fourth-order valence-corrected chi connectivity index (χ4v) is 8.59. The molecule has 1 aliphatic rings. The van der Waals surface area contributed by atoms with Gasteiger partial charge in [0.25, 0.3) is 0 Å². The smallest absolute Gasteiger partial charge is 0.200 e. The summed E-state index contributed by atoms with van der Waals surface area (Å²) < 4.78 is 4.85. The summed E-state index contributed by atoms with van der Waals surface area (Å²) in [5.41, 5.74) is 12.9. The summed E-state index contributed by atoms with van der Waals surface area (Å²) in [6.07, 6.45) is 3.69. The molecule has 254 valence electrons. The fourth-order valence-electron chi connectivity index (χ4n) is 8.59. The Morgan fingerprint density at radius 3 is 1.52 bits per heavy atom. The van der Waals surface area contributed by atoms with Gasteiger partial charge in [-0.25, -0.2) is 4.99 Å². The average molecular weight is 691 g/mol. The van der Waals surface area contributed by atoms with Crippen molar-refractivity contribution in [3.8, 4) is 27.9 Å². The number of nitrogens with one attached hydrogen (secondary N) is 1. The number of rotatable bonds is 5. The molecule has 0 aliphatic carbocycles. The highest BCUT2D eigenvalue weighted by atomic mass is 15.3. The molecule has 4 heteroatoms. The highest BCUT2D eigenvalue weighted by molar-refractivity contribution is 6.37. The maximum atomic E-state index is 5.09. The molecular weight excluding hydrogens is 657 g/mol. The van der Waals surface area contributed by atoms with E-state index in [1.54, 1.807) is 0 Å². The zero-order valence-electron chi connectivity index (χ0n) is 29.4. The van der Waals surface area contributed by atoms with Crippen LogP contribution in [0.15, 0.2) is 193 Å². The fraction of sp³-hybridized carbons (Fsp3) is 0.0200. The van der Waals surface area contributed by atoms with Crippen LogP contribution in [-0.4, -0.2) is 15.3 Å². The van der Waals surface area contributed by atoms with Crippen molar-refractivity contribution in [2.24, 2.45) is 4.99 Å². The summed E-state index contributed by atoms with van der Waals surface area (Å²) in [6.45, 7) is 0. The third-order valence-electron chi connectivity index (χ3n) is 11.0. The van der Waals surface area contributed by atoms with E-state index in [2.05, 4.69) is 203 Å². The molecule has 1 unspecified atom stereocenters. The zero-order valence-corrected chi connectivity index (χ0v) is 29.4. The van der Waals surface area contributed by atoms with Crippen LogP contribution in [-0.2, 0) is 0 Å². The number of benzene rings is 8. The van der Waals surface area contributed by atoms with Gasteiger partial charge < -0.3 is 14.5 Å². The summed E-state index contributed by atoms with van der Waals surface area (Å²) in [7, 11) is 0. The maximum absolute atomic E-state index is 5.09. The van der Waals surface area contributed by atoms with Gasteiger partial charge in [-0.15, -0.1) is 0 Å². The first-order valence-electron chi connectivity index (χ1n) is 18.5. The van der Waals surface area contributed by atoms with E-state index < -0.39 is 0 Å². The number of nitrogens with zero attached hydrogens (tertiary/aromatic N) is 3. The third kappa shape index (κ3) is 4.67. The number of aromatic nitrogens is 2. The molecule has 1 atom stereocenters. The van der Waals surface area contributed by atoms with E-state index in [0.717, 1.165) is 22.5 Å². The van der Waals surface area contributed by atoms with Gasteiger partial charge in [0, 0.05) is 49.9 Å². The molecule has 0 bridgehead atoms. The number of aliphatic imine (C=N–C) groups is 1. The van der Waals surface area contributed by atoms with Gasteiger partial charge in [-0.1, -0.05) is 158 Å². The van der Waals surface area contributed by atoms with Gasteiger partial charge in [0.2, 0.25) is 6.29 Å². The second kappa shape index (κ2) is 12.2. The molecular formula is C50H34N4. The minimum atomic E-state index is -0.346. The van der Waals surface area contributed by atoms with Gasteiger partial charge in [-0.2, -0.15) is 0 Å². The van der Waals surface area contributed by atoms with Crippen molar-refractivity contribution in [1.82, 2.24) is 14.5 Å². The Morgan fingerprint density at radius 2 is 0.870 bits per heavy atom. The Labute approximate surface area is 312 Å². The molecule has 0 saturated carbocycles. The van der Waals surface area contributed by atoms with Crippen LogP contribution in [0.5, 0.6) is 0 Å². The molecule has 10 aromatic rings. The predicted molar refractivity (Wildman–Crippen MR) is 227 cm³/mol. The lowest BCUT2D eigenvalue weighted by Crippen LogP contribution is -2.26. The standard InChI is InChI=1S/C50H34N4/c1-3-13-33(14-4-1)34-23-25-35(26-24-34)36-27-29-37(30-28-36)43-31-32-51-50(52-43)54-45-22-12-10-20-42(45)47-46-41-19-9-11-21-44(41)53(38-15-5-2-6-16-38)48(46)39-17-7-8-18-40(39)49(47)54/h1-32,50,52H. The predicted octanol–water partition coefficient (Wildman–Crippen LogP) is 12.5. The SMILES string of the molecule is C1=NC(n2c3ccccc3c3c4c5ccccc5n(-c5ccccc5)c4c4ccccc4c32)NC(c2ccc(-c3ccc(-c4ccccc4)cc3)cc2)=C1. The number of fused-ring (bicyclic) bond motifs is 10. The summed E-state index contributed by atoms with van der Waals surface area (Å²) in [5.74, 6) is 0. The van der Waals surface area contributed by atoms with Gasteiger partial charge >= 0.3 is 0 Å². The highest BCUT2D eigenvalue weighted by Gasteiger charge is 2.26. The zero-order chi connectivity index (χ0) is 35.6. The first kappa shape index (κ1) is 30.5. The van der Waals surface area contributed by atoms with Gasteiger partial charge in [-0.3, -0.25) is 0 Å². The van der Waals surface area contributed by atoms with Crippen LogP contribution in [0.4, 0.5) is 0 Å². The van der Waals surface area contributed by atoms with Crippen molar-refractivity contribution in [1.29, 1.82) is 0 Å². The Hall–Kier alpha value is -7.17. The van der Waals surface area contributed by atoms with E-state index in [1.807, 2.05) is 6.21 Å². The second-order valence-corrected chi connectivity index (χ2v) is 14.0. The topological polar surface area (TPSA) is 34.2 Å². The molecule has 3 heterocycles. The maximum Gasteiger partial charge on any atom is 0.200 e. The molecule has 11 rings (SSSR count). The first-order valence-corrected chi connectivity index (χ1v) is 18.5. The molecule has 0 amide bonds. The van der Waals surface area contributed by atoms with Crippen molar-refractivity contribution in [2.75, 3.05) is 0 Å². The molecule has 2 aromatic heterocycles. The number of hydrogen-bond donors (Lipinski definition) is 1. The van der Waals surface area contributed by atoms with Crippen LogP contribution >= 0.6 is 0 Å². The largest absolute Gasteiger partial charge is 0.346 e. The van der Waals surface area contributed by atoms with Gasteiger partial charge in [0.1, 0.15) is 0 Å². The van der Waals surface area contributed by atoms with Crippen molar-refractivity contribution >= 4 is 66.3 Å². The third-order valence-corrected chi connectivity index (χ3v) is 11.0. The Kier molecular flexibility index (Phi) is 6.89. The van der Waals surface area contributed by atoms with Crippen LogP contribution in [0.2, 0.25) is 0 Å². The molecule has 0 fully saturated rings.